The number of hydrogen-bond donors (Lipinski definition) is 2. The molecule has 1 fully saturated rings. The minimum atomic E-state index is -3.61. The number of primary sulfonamides is 1. The highest BCUT2D eigenvalue weighted by atomic mass is 32.2. The van der Waals surface area contributed by atoms with Crippen molar-refractivity contribution in [1.82, 2.24) is 5.32 Å². The molecule has 0 amide bonds. The summed E-state index contributed by atoms with van der Waals surface area (Å²) in [5.74, 6) is 2.34. The molecule has 0 saturated carbocycles. The van der Waals surface area contributed by atoms with E-state index in [1.165, 1.54) is 12.2 Å². The largest absolute Gasteiger partial charge is 0.306 e. The first-order valence-corrected chi connectivity index (χ1v) is 9.87. The molecular formula is C15H24N2O2S2. The van der Waals surface area contributed by atoms with E-state index >= 15 is 0 Å². The number of nitrogens with two attached hydrogens (primary N) is 1. The third-order valence-corrected chi connectivity index (χ3v) is 6.27. The van der Waals surface area contributed by atoms with Crippen LogP contribution in [0, 0.1) is 5.41 Å². The van der Waals surface area contributed by atoms with Gasteiger partial charge in [0, 0.05) is 17.8 Å². The molecule has 4 nitrogen and oxygen atoms in total. The van der Waals surface area contributed by atoms with Crippen LogP contribution < -0.4 is 10.5 Å². The van der Waals surface area contributed by atoms with Crippen molar-refractivity contribution >= 4 is 21.8 Å². The van der Waals surface area contributed by atoms with Crippen LogP contribution in [0.25, 0.3) is 0 Å². The van der Waals surface area contributed by atoms with Crippen molar-refractivity contribution in [3.8, 4) is 0 Å². The summed E-state index contributed by atoms with van der Waals surface area (Å²) >= 11 is 1.99. The number of thioether (sulfide) groups is 1. The maximum atomic E-state index is 11.3. The fraction of sp³-hybridized carbons (Fsp3) is 0.600. The SMILES string of the molecule is CC(NC1CSCCC1(C)C)c1ccc(S(N)(=O)=O)cc1. The van der Waals surface area contributed by atoms with Gasteiger partial charge in [0.15, 0.2) is 0 Å². The Bertz CT molecular complexity index is 582. The predicted molar refractivity (Wildman–Crippen MR) is 88.9 cm³/mol. The van der Waals surface area contributed by atoms with Gasteiger partial charge in [-0.05, 0) is 42.2 Å². The zero-order valence-electron chi connectivity index (χ0n) is 12.8. The van der Waals surface area contributed by atoms with Gasteiger partial charge >= 0.3 is 0 Å². The third kappa shape index (κ3) is 4.22. The molecule has 118 valence electrons. The van der Waals surface area contributed by atoms with Gasteiger partial charge < -0.3 is 5.32 Å². The van der Waals surface area contributed by atoms with Crippen molar-refractivity contribution in [2.45, 2.75) is 44.2 Å². The Labute approximate surface area is 131 Å². The first kappa shape index (κ1) is 16.8. The predicted octanol–water partition coefficient (Wildman–Crippen LogP) is 2.52. The van der Waals surface area contributed by atoms with E-state index in [0.717, 1.165) is 11.3 Å². The second-order valence-electron chi connectivity index (χ2n) is 6.37. The molecule has 1 aliphatic rings. The summed E-state index contributed by atoms with van der Waals surface area (Å²) in [6.07, 6.45) is 1.21. The van der Waals surface area contributed by atoms with Crippen molar-refractivity contribution in [3.63, 3.8) is 0 Å². The Morgan fingerprint density at radius 2 is 1.95 bits per heavy atom. The molecule has 6 heteroatoms. The van der Waals surface area contributed by atoms with Gasteiger partial charge in [-0.2, -0.15) is 11.8 Å². The monoisotopic (exact) mass is 328 g/mol. The Morgan fingerprint density at radius 1 is 1.33 bits per heavy atom. The van der Waals surface area contributed by atoms with Gasteiger partial charge in [0.1, 0.15) is 0 Å². The summed E-state index contributed by atoms with van der Waals surface area (Å²) in [5.41, 5.74) is 1.37. The van der Waals surface area contributed by atoms with Gasteiger partial charge in [0.2, 0.25) is 10.0 Å². The van der Waals surface area contributed by atoms with E-state index < -0.39 is 10.0 Å². The Morgan fingerprint density at radius 3 is 2.48 bits per heavy atom. The maximum Gasteiger partial charge on any atom is 0.238 e. The summed E-state index contributed by atoms with van der Waals surface area (Å²) in [4.78, 5) is 0.159. The van der Waals surface area contributed by atoms with Gasteiger partial charge in [0.05, 0.1) is 4.90 Å². The summed E-state index contributed by atoms with van der Waals surface area (Å²) in [6.45, 7) is 6.73. The van der Waals surface area contributed by atoms with Crippen molar-refractivity contribution in [1.29, 1.82) is 0 Å². The lowest BCUT2D eigenvalue weighted by Crippen LogP contribution is -2.47. The van der Waals surface area contributed by atoms with Crippen LogP contribution in [0.15, 0.2) is 29.2 Å². The molecule has 2 unspecified atom stereocenters. The molecule has 1 heterocycles. The lowest BCUT2D eigenvalue weighted by molar-refractivity contribution is 0.232. The van der Waals surface area contributed by atoms with E-state index in [-0.39, 0.29) is 10.9 Å². The van der Waals surface area contributed by atoms with E-state index in [1.54, 1.807) is 12.1 Å². The van der Waals surface area contributed by atoms with Crippen LogP contribution in [-0.2, 0) is 10.0 Å². The average Bonchev–Trinajstić information content (AvgIpc) is 2.40. The van der Waals surface area contributed by atoms with Crippen LogP contribution in [0.4, 0.5) is 0 Å². The highest BCUT2D eigenvalue weighted by Crippen LogP contribution is 2.35. The second kappa shape index (κ2) is 6.28. The van der Waals surface area contributed by atoms with Crippen LogP contribution in [0.2, 0.25) is 0 Å². The van der Waals surface area contributed by atoms with Crippen LogP contribution in [0.3, 0.4) is 0 Å². The molecule has 0 bridgehead atoms. The number of sulfonamides is 1. The van der Waals surface area contributed by atoms with Gasteiger partial charge in [-0.15, -0.1) is 0 Å². The minimum absolute atomic E-state index is 0.159. The summed E-state index contributed by atoms with van der Waals surface area (Å²) < 4.78 is 22.6. The molecule has 2 rings (SSSR count). The van der Waals surface area contributed by atoms with Gasteiger partial charge in [-0.25, -0.2) is 13.6 Å². The van der Waals surface area contributed by atoms with Crippen molar-refractivity contribution < 1.29 is 8.42 Å². The molecule has 1 aromatic carbocycles. The molecule has 0 radical (unpaired) electrons. The topological polar surface area (TPSA) is 72.2 Å². The first-order valence-electron chi connectivity index (χ1n) is 7.17. The average molecular weight is 329 g/mol. The molecule has 21 heavy (non-hydrogen) atoms. The van der Waals surface area contributed by atoms with E-state index in [4.69, 9.17) is 5.14 Å². The van der Waals surface area contributed by atoms with Gasteiger partial charge in [0.25, 0.3) is 0 Å². The highest BCUT2D eigenvalue weighted by Gasteiger charge is 2.33. The third-order valence-electron chi connectivity index (χ3n) is 4.28. The molecule has 0 spiro atoms. The highest BCUT2D eigenvalue weighted by molar-refractivity contribution is 7.99. The van der Waals surface area contributed by atoms with Crippen LogP contribution >= 0.6 is 11.8 Å². The van der Waals surface area contributed by atoms with E-state index in [2.05, 4.69) is 26.1 Å². The number of rotatable bonds is 4. The van der Waals surface area contributed by atoms with E-state index in [9.17, 15) is 8.42 Å². The van der Waals surface area contributed by atoms with Crippen LogP contribution in [-0.4, -0.2) is 26.0 Å². The smallest absolute Gasteiger partial charge is 0.238 e. The quantitative estimate of drug-likeness (QED) is 0.891. The molecule has 3 N–H and O–H groups in total. The number of benzene rings is 1. The fourth-order valence-corrected chi connectivity index (χ4v) is 4.69. The minimum Gasteiger partial charge on any atom is -0.306 e. The number of nitrogens with one attached hydrogen (secondary N) is 1. The lowest BCUT2D eigenvalue weighted by Gasteiger charge is -2.40. The number of hydrogen-bond acceptors (Lipinski definition) is 4. The normalized spacial score (nSPS) is 23.7. The van der Waals surface area contributed by atoms with Crippen molar-refractivity contribution in [2.75, 3.05) is 11.5 Å². The summed E-state index contributed by atoms with van der Waals surface area (Å²) in [5, 5.41) is 8.80. The van der Waals surface area contributed by atoms with Crippen molar-refractivity contribution in [3.05, 3.63) is 29.8 Å². The Balaban J connectivity index is 2.08. The standard InChI is InChI=1S/C15H24N2O2S2/c1-11(17-14-10-20-9-8-15(14,2)3)12-4-6-13(7-5-12)21(16,18)19/h4-7,11,14,17H,8-10H2,1-3H3,(H2,16,18,19). The lowest BCUT2D eigenvalue weighted by atomic mass is 9.81. The van der Waals surface area contributed by atoms with Crippen molar-refractivity contribution in [2.24, 2.45) is 10.6 Å². The molecule has 2 atom stereocenters. The molecule has 0 aromatic heterocycles. The molecular weight excluding hydrogens is 304 g/mol. The zero-order chi connectivity index (χ0) is 15.7. The fourth-order valence-electron chi connectivity index (χ4n) is 2.55. The first-order chi connectivity index (χ1) is 9.70. The molecule has 1 aromatic rings. The van der Waals surface area contributed by atoms with Gasteiger partial charge in [-0.3, -0.25) is 0 Å². The zero-order valence-corrected chi connectivity index (χ0v) is 14.4. The summed E-state index contributed by atoms with van der Waals surface area (Å²) in [7, 11) is -3.61. The maximum absolute atomic E-state index is 11.3. The Hall–Kier alpha value is -0.560. The van der Waals surface area contributed by atoms with Gasteiger partial charge in [-0.1, -0.05) is 26.0 Å². The van der Waals surface area contributed by atoms with E-state index in [0.29, 0.717) is 11.5 Å². The van der Waals surface area contributed by atoms with Crippen LogP contribution in [0.5, 0.6) is 0 Å². The molecule has 1 saturated heterocycles. The second-order valence-corrected chi connectivity index (χ2v) is 9.08. The molecule has 0 aliphatic carbocycles. The van der Waals surface area contributed by atoms with E-state index in [1.807, 2.05) is 23.9 Å². The summed E-state index contributed by atoms with van der Waals surface area (Å²) in [6, 6.07) is 7.46. The Kier molecular flexibility index (Phi) is 5.03. The van der Waals surface area contributed by atoms with Crippen LogP contribution in [0.1, 0.15) is 38.8 Å². The molecule has 1 aliphatic heterocycles.